The normalized spacial score (nSPS) is 18.0. The van der Waals surface area contributed by atoms with Gasteiger partial charge in [0.25, 0.3) is 0 Å². The number of benzene rings is 1. The van der Waals surface area contributed by atoms with Crippen LogP contribution in [0.2, 0.25) is 0 Å². The lowest BCUT2D eigenvalue weighted by Gasteiger charge is -2.34. The fourth-order valence-electron chi connectivity index (χ4n) is 3.53. The number of aliphatic imine (C=N–C) groups is 1. The third-order valence-corrected chi connectivity index (χ3v) is 4.73. The maximum Gasteiger partial charge on any atom is 0.217 e. The van der Waals surface area contributed by atoms with E-state index in [1.54, 1.807) is 19.6 Å². The summed E-state index contributed by atoms with van der Waals surface area (Å²) in [6.45, 7) is 2.42. The van der Waals surface area contributed by atoms with E-state index in [4.69, 9.17) is 5.73 Å². The molecule has 1 aliphatic heterocycles. The lowest BCUT2D eigenvalue weighted by molar-refractivity contribution is -0.119. The van der Waals surface area contributed by atoms with Gasteiger partial charge in [0.15, 0.2) is 5.96 Å². The second-order valence-corrected chi connectivity index (χ2v) is 6.62. The summed E-state index contributed by atoms with van der Waals surface area (Å²) in [5.74, 6) is 0.937. The molecule has 1 amide bonds. The molecule has 2 aromatic rings. The summed E-state index contributed by atoms with van der Waals surface area (Å²) < 4.78 is 2.00. The summed E-state index contributed by atoms with van der Waals surface area (Å²) in [6.07, 6.45) is 8.04. The first kappa shape index (κ1) is 18.0. The molecule has 1 aromatic carbocycles. The number of nitrogens with zero attached hydrogens (tertiary/aromatic N) is 4. The largest absolute Gasteiger partial charge is 0.370 e. The number of amides is 1. The number of nitrogens with two attached hydrogens (primary N) is 1. The van der Waals surface area contributed by atoms with Crippen LogP contribution in [-0.2, 0) is 11.3 Å². The summed E-state index contributed by atoms with van der Waals surface area (Å²) in [4.78, 5) is 22.0. The summed E-state index contributed by atoms with van der Waals surface area (Å²) in [5, 5.41) is 3.46. The number of imidazole rings is 1. The van der Waals surface area contributed by atoms with E-state index in [1.807, 2.05) is 22.9 Å². The van der Waals surface area contributed by atoms with Crippen molar-refractivity contribution in [2.75, 3.05) is 20.1 Å². The lowest BCUT2D eigenvalue weighted by atomic mass is 9.95. The number of para-hydroxylation sites is 1. The average Bonchev–Trinajstić information content (AvgIpc) is 3.17. The van der Waals surface area contributed by atoms with Crippen LogP contribution in [0.4, 0.5) is 0 Å². The predicted molar refractivity (Wildman–Crippen MR) is 102 cm³/mol. The van der Waals surface area contributed by atoms with Crippen molar-refractivity contribution >= 4 is 11.9 Å². The fourth-order valence-corrected chi connectivity index (χ4v) is 3.53. The highest BCUT2D eigenvalue weighted by Crippen LogP contribution is 2.20. The smallest absolute Gasteiger partial charge is 0.217 e. The first-order valence-electron chi connectivity index (χ1n) is 8.97. The SMILES string of the molecule is CN=C(NCc1ccccc1-n1ccnc1)N1CCCC(CC(N)=O)C1. The van der Waals surface area contributed by atoms with Gasteiger partial charge in [-0.1, -0.05) is 18.2 Å². The molecule has 1 fully saturated rings. The van der Waals surface area contributed by atoms with Crippen molar-refractivity contribution in [3.63, 3.8) is 0 Å². The third-order valence-electron chi connectivity index (χ3n) is 4.73. The minimum absolute atomic E-state index is 0.228. The summed E-state index contributed by atoms with van der Waals surface area (Å²) in [5.41, 5.74) is 7.62. The van der Waals surface area contributed by atoms with Crippen LogP contribution in [0.15, 0.2) is 48.0 Å². The molecular weight excluding hydrogens is 328 g/mol. The van der Waals surface area contributed by atoms with Gasteiger partial charge >= 0.3 is 0 Å². The molecule has 0 aliphatic carbocycles. The van der Waals surface area contributed by atoms with Gasteiger partial charge in [-0.15, -0.1) is 0 Å². The van der Waals surface area contributed by atoms with Crippen LogP contribution < -0.4 is 11.1 Å². The molecule has 2 heterocycles. The third kappa shape index (κ3) is 4.41. The van der Waals surface area contributed by atoms with Crippen molar-refractivity contribution in [2.24, 2.45) is 16.6 Å². The van der Waals surface area contributed by atoms with E-state index in [-0.39, 0.29) is 5.91 Å². The molecule has 26 heavy (non-hydrogen) atoms. The Morgan fingerprint density at radius 1 is 1.42 bits per heavy atom. The molecule has 0 spiro atoms. The molecule has 1 aromatic heterocycles. The number of carbonyl (C=O) groups excluding carboxylic acids is 1. The Labute approximate surface area is 153 Å². The molecule has 7 heteroatoms. The monoisotopic (exact) mass is 354 g/mol. The summed E-state index contributed by atoms with van der Waals surface area (Å²) >= 11 is 0. The Balaban J connectivity index is 1.66. The fraction of sp³-hybridized carbons (Fsp3) is 0.421. The molecule has 3 N–H and O–H groups in total. The van der Waals surface area contributed by atoms with E-state index in [9.17, 15) is 4.79 Å². The van der Waals surface area contributed by atoms with Gasteiger partial charge in [0.1, 0.15) is 0 Å². The molecule has 1 unspecified atom stereocenters. The van der Waals surface area contributed by atoms with Gasteiger partial charge in [0.2, 0.25) is 5.91 Å². The summed E-state index contributed by atoms with van der Waals surface area (Å²) in [6, 6.07) is 8.23. The van der Waals surface area contributed by atoms with E-state index in [0.717, 1.165) is 43.1 Å². The Kier molecular flexibility index (Phi) is 5.88. The number of carbonyl (C=O) groups is 1. The molecule has 0 bridgehead atoms. The molecule has 1 aliphatic rings. The van der Waals surface area contributed by atoms with E-state index < -0.39 is 0 Å². The second-order valence-electron chi connectivity index (χ2n) is 6.62. The number of guanidine groups is 1. The highest BCUT2D eigenvalue weighted by molar-refractivity contribution is 5.80. The number of hydrogen-bond donors (Lipinski definition) is 2. The Hall–Kier alpha value is -2.83. The van der Waals surface area contributed by atoms with Crippen molar-refractivity contribution < 1.29 is 4.79 Å². The van der Waals surface area contributed by atoms with Gasteiger partial charge in [-0.2, -0.15) is 0 Å². The van der Waals surface area contributed by atoms with Crippen LogP contribution in [0.5, 0.6) is 0 Å². The van der Waals surface area contributed by atoms with E-state index in [2.05, 4.69) is 32.3 Å². The number of primary amides is 1. The van der Waals surface area contributed by atoms with Crippen molar-refractivity contribution in [2.45, 2.75) is 25.8 Å². The molecule has 1 atom stereocenters. The van der Waals surface area contributed by atoms with Crippen molar-refractivity contribution in [3.05, 3.63) is 48.5 Å². The van der Waals surface area contributed by atoms with Crippen LogP contribution in [0.25, 0.3) is 5.69 Å². The quantitative estimate of drug-likeness (QED) is 0.630. The van der Waals surface area contributed by atoms with Crippen molar-refractivity contribution in [1.82, 2.24) is 19.8 Å². The number of rotatable bonds is 5. The van der Waals surface area contributed by atoms with Gasteiger partial charge in [0.05, 0.1) is 12.0 Å². The minimum Gasteiger partial charge on any atom is -0.370 e. The van der Waals surface area contributed by atoms with E-state index in [0.29, 0.717) is 18.9 Å². The van der Waals surface area contributed by atoms with E-state index in [1.165, 1.54) is 0 Å². The highest BCUT2D eigenvalue weighted by Gasteiger charge is 2.23. The minimum atomic E-state index is -0.228. The zero-order valence-electron chi connectivity index (χ0n) is 15.1. The number of likely N-dealkylation sites (tertiary alicyclic amines) is 1. The first-order chi connectivity index (χ1) is 12.7. The Bertz CT molecular complexity index is 755. The maximum atomic E-state index is 11.2. The van der Waals surface area contributed by atoms with Crippen molar-refractivity contribution in [3.8, 4) is 5.69 Å². The van der Waals surface area contributed by atoms with Crippen LogP contribution >= 0.6 is 0 Å². The lowest BCUT2D eigenvalue weighted by Crippen LogP contribution is -2.47. The van der Waals surface area contributed by atoms with Crippen LogP contribution in [0.1, 0.15) is 24.8 Å². The number of piperidine rings is 1. The zero-order valence-corrected chi connectivity index (χ0v) is 15.1. The van der Waals surface area contributed by atoms with E-state index >= 15 is 0 Å². The van der Waals surface area contributed by atoms with Gasteiger partial charge in [-0.05, 0) is 30.4 Å². The topological polar surface area (TPSA) is 88.5 Å². The van der Waals surface area contributed by atoms with Crippen LogP contribution in [-0.4, -0.2) is 46.5 Å². The second kappa shape index (κ2) is 8.51. The summed E-state index contributed by atoms with van der Waals surface area (Å²) in [7, 11) is 1.79. The maximum absolute atomic E-state index is 11.2. The van der Waals surface area contributed by atoms with Gasteiger partial charge < -0.3 is 20.5 Å². The molecule has 7 nitrogen and oxygen atoms in total. The van der Waals surface area contributed by atoms with Crippen LogP contribution in [0.3, 0.4) is 0 Å². The molecule has 3 rings (SSSR count). The number of aromatic nitrogens is 2. The molecule has 138 valence electrons. The predicted octanol–water partition coefficient (Wildman–Crippen LogP) is 1.54. The van der Waals surface area contributed by atoms with Gasteiger partial charge in [-0.25, -0.2) is 4.98 Å². The van der Waals surface area contributed by atoms with Crippen LogP contribution in [0, 0.1) is 5.92 Å². The first-order valence-corrected chi connectivity index (χ1v) is 8.97. The van der Waals surface area contributed by atoms with Gasteiger partial charge in [0, 0.05) is 45.5 Å². The average molecular weight is 354 g/mol. The zero-order chi connectivity index (χ0) is 18.4. The Morgan fingerprint density at radius 2 is 2.27 bits per heavy atom. The molecular formula is C19H26N6O. The standard InChI is InChI=1S/C19H26N6O/c1-21-19(24-9-4-5-15(13-24)11-18(20)26)23-12-16-6-2-3-7-17(16)25-10-8-22-14-25/h2-3,6-8,10,14-15H,4-5,9,11-13H2,1H3,(H2,20,26)(H,21,23). The molecule has 0 saturated carbocycles. The Morgan fingerprint density at radius 3 is 3.00 bits per heavy atom. The highest BCUT2D eigenvalue weighted by atomic mass is 16.1. The van der Waals surface area contributed by atoms with Gasteiger partial charge in [-0.3, -0.25) is 9.79 Å². The van der Waals surface area contributed by atoms with Crippen molar-refractivity contribution in [1.29, 1.82) is 0 Å². The number of nitrogens with one attached hydrogen (secondary N) is 1. The molecule has 0 radical (unpaired) electrons. The molecule has 1 saturated heterocycles. The number of hydrogen-bond acceptors (Lipinski definition) is 3.